The van der Waals surface area contributed by atoms with E-state index in [1.165, 1.54) is 11.1 Å². The maximum absolute atomic E-state index is 13.0. The van der Waals surface area contributed by atoms with E-state index in [2.05, 4.69) is 40.5 Å². The van der Waals surface area contributed by atoms with Gasteiger partial charge in [0.15, 0.2) is 0 Å². The second-order valence-corrected chi connectivity index (χ2v) is 9.30. The lowest BCUT2D eigenvalue weighted by Crippen LogP contribution is -2.48. The van der Waals surface area contributed by atoms with Gasteiger partial charge in [-0.25, -0.2) is 4.79 Å². The molecule has 0 radical (unpaired) electrons. The Hall–Kier alpha value is -3.64. The zero-order valence-electron chi connectivity index (χ0n) is 20.0. The normalized spacial score (nSPS) is 16.3. The molecule has 3 amide bonds. The van der Waals surface area contributed by atoms with E-state index in [-0.39, 0.29) is 11.9 Å². The van der Waals surface area contributed by atoms with Crippen LogP contribution in [0.2, 0.25) is 0 Å². The summed E-state index contributed by atoms with van der Waals surface area (Å²) in [6.45, 7) is 4.80. The average molecular weight is 469 g/mol. The largest absolute Gasteiger partial charge is 0.336 e. The minimum atomic E-state index is -0.132. The van der Waals surface area contributed by atoms with Crippen molar-refractivity contribution in [2.75, 3.05) is 42.9 Å². The second kappa shape index (κ2) is 10.7. The molecule has 6 heteroatoms. The van der Waals surface area contributed by atoms with Gasteiger partial charge in [0.05, 0.1) is 0 Å². The Bertz CT molecular complexity index is 1150. The quantitative estimate of drug-likeness (QED) is 0.585. The minimum absolute atomic E-state index is 0.0451. The van der Waals surface area contributed by atoms with E-state index in [0.29, 0.717) is 17.8 Å². The van der Waals surface area contributed by atoms with Gasteiger partial charge >= 0.3 is 6.03 Å². The summed E-state index contributed by atoms with van der Waals surface area (Å²) in [5.74, 6) is 0.0451. The van der Waals surface area contributed by atoms with Gasteiger partial charge in [-0.1, -0.05) is 48.5 Å². The molecule has 180 valence electrons. The van der Waals surface area contributed by atoms with Crippen molar-refractivity contribution in [2.24, 2.45) is 0 Å². The molecule has 2 aliphatic rings. The molecular formula is C29H32N4O2. The first-order valence-corrected chi connectivity index (χ1v) is 12.5. The van der Waals surface area contributed by atoms with Crippen LogP contribution in [-0.4, -0.2) is 54.5 Å². The lowest BCUT2D eigenvalue weighted by atomic mass is 10.1. The van der Waals surface area contributed by atoms with Gasteiger partial charge in [-0.3, -0.25) is 14.6 Å². The van der Waals surface area contributed by atoms with Crippen molar-refractivity contribution in [3.63, 3.8) is 0 Å². The molecule has 0 aromatic heterocycles. The Labute approximate surface area is 207 Å². The summed E-state index contributed by atoms with van der Waals surface area (Å²) in [5, 5.41) is 3.01. The number of nitrogens with zero attached hydrogens (tertiary/aromatic N) is 3. The third-order valence-corrected chi connectivity index (χ3v) is 6.90. The molecule has 1 fully saturated rings. The summed E-state index contributed by atoms with van der Waals surface area (Å²) in [6.07, 6.45) is 3.06. The fourth-order valence-electron chi connectivity index (χ4n) is 4.92. The molecule has 2 aliphatic heterocycles. The molecule has 0 aliphatic carbocycles. The van der Waals surface area contributed by atoms with Gasteiger partial charge in [0, 0.05) is 56.2 Å². The first-order valence-electron chi connectivity index (χ1n) is 12.5. The Morgan fingerprint density at radius 1 is 0.743 bits per heavy atom. The molecule has 35 heavy (non-hydrogen) atoms. The number of urea groups is 1. The minimum Gasteiger partial charge on any atom is -0.336 e. The van der Waals surface area contributed by atoms with Crippen LogP contribution < -0.4 is 10.2 Å². The third-order valence-electron chi connectivity index (χ3n) is 6.90. The number of amides is 3. The van der Waals surface area contributed by atoms with Crippen LogP contribution in [0.1, 0.15) is 34.3 Å². The zero-order chi connectivity index (χ0) is 24.0. The molecule has 1 N–H and O–H groups in total. The summed E-state index contributed by atoms with van der Waals surface area (Å²) in [6, 6.07) is 25.7. The number of rotatable bonds is 4. The van der Waals surface area contributed by atoms with Crippen molar-refractivity contribution in [1.29, 1.82) is 0 Å². The monoisotopic (exact) mass is 468 g/mol. The van der Waals surface area contributed by atoms with Crippen LogP contribution in [0, 0.1) is 0 Å². The molecule has 3 aromatic carbocycles. The second-order valence-electron chi connectivity index (χ2n) is 9.30. The van der Waals surface area contributed by atoms with E-state index in [1.807, 2.05) is 58.3 Å². The molecule has 6 nitrogen and oxygen atoms in total. The number of piperazine rings is 1. The smallest absolute Gasteiger partial charge is 0.326 e. The van der Waals surface area contributed by atoms with Crippen molar-refractivity contribution in [3.8, 4) is 0 Å². The van der Waals surface area contributed by atoms with Crippen LogP contribution in [0.25, 0.3) is 0 Å². The zero-order valence-corrected chi connectivity index (χ0v) is 20.0. The highest BCUT2D eigenvalue weighted by Gasteiger charge is 2.23. The number of carbonyl (C=O) groups excluding carboxylic acids is 2. The van der Waals surface area contributed by atoms with Crippen LogP contribution in [-0.2, 0) is 13.0 Å². The molecule has 0 spiro atoms. The van der Waals surface area contributed by atoms with E-state index in [0.717, 1.165) is 57.7 Å². The summed E-state index contributed by atoms with van der Waals surface area (Å²) in [7, 11) is 0. The Kier molecular flexibility index (Phi) is 7.09. The number of fused-ring (bicyclic) bond motifs is 1. The van der Waals surface area contributed by atoms with Crippen molar-refractivity contribution in [3.05, 3.63) is 95.6 Å². The lowest BCUT2D eigenvalue weighted by Gasteiger charge is -2.34. The van der Waals surface area contributed by atoms with Gasteiger partial charge in [-0.15, -0.1) is 0 Å². The number of aryl methyl sites for hydroxylation is 1. The van der Waals surface area contributed by atoms with Crippen LogP contribution in [0.5, 0.6) is 0 Å². The fraction of sp³-hybridized carbons (Fsp3) is 0.310. The van der Waals surface area contributed by atoms with Crippen molar-refractivity contribution in [1.82, 2.24) is 9.80 Å². The number of hydrogen-bond acceptors (Lipinski definition) is 3. The molecule has 5 rings (SSSR count). The summed E-state index contributed by atoms with van der Waals surface area (Å²) in [4.78, 5) is 32.2. The lowest BCUT2D eigenvalue weighted by molar-refractivity contribution is 0.0628. The SMILES string of the molecule is O=C(c1ccc(NC(=O)N2CCCCc3ccccc32)cc1)N1CCN(Cc2ccccc2)CC1. The number of nitrogens with one attached hydrogen (secondary N) is 1. The van der Waals surface area contributed by atoms with Crippen LogP contribution >= 0.6 is 0 Å². The van der Waals surface area contributed by atoms with Crippen molar-refractivity contribution in [2.45, 2.75) is 25.8 Å². The van der Waals surface area contributed by atoms with Crippen molar-refractivity contribution >= 4 is 23.3 Å². The van der Waals surface area contributed by atoms with E-state index in [4.69, 9.17) is 0 Å². The summed E-state index contributed by atoms with van der Waals surface area (Å²) >= 11 is 0. The first-order chi connectivity index (χ1) is 17.2. The van der Waals surface area contributed by atoms with Gasteiger partial charge in [0.1, 0.15) is 0 Å². The van der Waals surface area contributed by atoms with Gasteiger partial charge in [0.25, 0.3) is 5.91 Å². The van der Waals surface area contributed by atoms with Crippen molar-refractivity contribution < 1.29 is 9.59 Å². The molecule has 2 heterocycles. The Morgan fingerprint density at radius 3 is 2.23 bits per heavy atom. The maximum Gasteiger partial charge on any atom is 0.326 e. The third kappa shape index (κ3) is 5.54. The van der Waals surface area contributed by atoms with Gasteiger partial charge in [-0.05, 0) is 60.7 Å². The first kappa shape index (κ1) is 23.1. The Balaban J connectivity index is 1.16. The standard InChI is InChI=1S/C29H32N4O2/c34-28(32-20-18-31(19-21-32)22-23-8-2-1-3-9-23)25-13-15-26(16-14-25)30-29(35)33-17-7-6-11-24-10-4-5-12-27(24)33/h1-5,8-10,12-16H,6-7,11,17-22H2,(H,30,35). The maximum atomic E-state index is 13.0. The topological polar surface area (TPSA) is 55.9 Å². The van der Waals surface area contributed by atoms with Gasteiger partial charge in [0.2, 0.25) is 0 Å². The highest BCUT2D eigenvalue weighted by molar-refractivity contribution is 6.02. The fourth-order valence-corrected chi connectivity index (χ4v) is 4.92. The molecule has 0 unspecified atom stereocenters. The number of hydrogen-bond donors (Lipinski definition) is 1. The molecule has 0 atom stereocenters. The molecular weight excluding hydrogens is 436 g/mol. The van der Waals surface area contributed by atoms with Crippen LogP contribution in [0.15, 0.2) is 78.9 Å². The summed E-state index contributed by atoms with van der Waals surface area (Å²) in [5.41, 5.74) is 4.85. The van der Waals surface area contributed by atoms with E-state index in [9.17, 15) is 9.59 Å². The predicted molar refractivity (Wildman–Crippen MR) is 140 cm³/mol. The number of anilines is 2. The highest BCUT2D eigenvalue weighted by atomic mass is 16.2. The van der Waals surface area contributed by atoms with E-state index in [1.54, 1.807) is 0 Å². The van der Waals surface area contributed by atoms with Gasteiger partial charge < -0.3 is 10.2 Å². The van der Waals surface area contributed by atoms with Gasteiger partial charge in [-0.2, -0.15) is 0 Å². The predicted octanol–water partition coefficient (Wildman–Crippen LogP) is 5.02. The van der Waals surface area contributed by atoms with Crippen LogP contribution in [0.3, 0.4) is 0 Å². The number of carbonyl (C=O) groups is 2. The molecule has 1 saturated heterocycles. The van der Waals surface area contributed by atoms with E-state index < -0.39 is 0 Å². The number of benzene rings is 3. The Morgan fingerprint density at radius 2 is 1.46 bits per heavy atom. The number of para-hydroxylation sites is 1. The summed E-state index contributed by atoms with van der Waals surface area (Å²) < 4.78 is 0. The molecule has 0 bridgehead atoms. The molecule has 0 saturated carbocycles. The average Bonchev–Trinajstić information content (AvgIpc) is 3.13. The highest BCUT2D eigenvalue weighted by Crippen LogP contribution is 2.27. The van der Waals surface area contributed by atoms with E-state index >= 15 is 0 Å². The van der Waals surface area contributed by atoms with Crippen LogP contribution in [0.4, 0.5) is 16.2 Å². The molecule has 3 aromatic rings.